The molecular formula is C18H18O8. The molecule has 0 aliphatic heterocycles. The van der Waals surface area contributed by atoms with Crippen molar-refractivity contribution in [1.82, 2.24) is 0 Å². The molecule has 2 aromatic carbocycles. The molecule has 0 atom stereocenters. The summed E-state index contributed by atoms with van der Waals surface area (Å²) in [6, 6.07) is 5.36. The van der Waals surface area contributed by atoms with E-state index in [0.29, 0.717) is 5.56 Å². The van der Waals surface area contributed by atoms with E-state index in [1.54, 1.807) is 6.92 Å². The summed E-state index contributed by atoms with van der Waals surface area (Å²) in [5.74, 6) is -2.56. The largest absolute Gasteiger partial charge is 0.507 e. The molecular weight excluding hydrogens is 344 g/mol. The van der Waals surface area contributed by atoms with Crippen LogP contribution >= 0.6 is 0 Å². The lowest BCUT2D eigenvalue weighted by molar-refractivity contribution is 0.0591. The van der Waals surface area contributed by atoms with Crippen molar-refractivity contribution < 1.29 is 38.7 Å². The van der Waals surface area contributed by atoms with E-state index < -0.39 is 17.7 Å². The highest BCUT2D eigenvalue weighted by Crippen LogP contribution is 2.41. The maximum Gasteiger partial charge on any atom is 0.345 e. The first kappa shape index (κ1) is 18.9. The fourth-order valence-corrected chi connectivity index (χ4v) is 2.31. The molecule has 0 unspecified atom stereocenters. The number of rotatable bonds is 5. The number of benzene rings is 2. The summed E-state index contributed by atoms with van der Waals surface area (Å²) in [6.45, 7) is 1.67. The van der Waals surface area contributed by atoms with Gasteiger partial charge in [-0.3, -0.25) is 0 Å². The average molecular weight is 362 g/mol. The molecule has 0 radical (unpaired) electrons. The average Bonchev–Trinajstić information content (AvgIpc) is 2.61. The van der Waals surface area contributed by atoms with Crippen molar-refractivity contribution in [2.75, 3.05) is 21.3 Å². The maximum absolute atomic E-state index is 12.0. The Balaban J connectivity index is 2.65. The van der Waals surface area contributed by atoms with Crippen LogP contribution in [0.4, 0.5) is 0 Å². The van der Waals surface area contributed by atoms with E-state index in [2.05, 4.69) is 9.47 Å². The van der Waals surface area contributed by atoms with Gasteiger partial charge in [-0.1, -0.05) is 0 Å². The molecule has 0 spiro atoms. The molecule has 8 nitrogen and oxygen atoms in total. The van der Waals surface area contributed by atoms with Gasteiger partial charge in [-0.2, -0.15) is 0 Å². The molecule has 0 aromatic heterocycles. The molecule has 0 aliphatic rings. The Morgan fingerprint density at radius 2 is 1.54 bits per heavy atom. The van der Waals surface area contributed by atoms with Crippen LogP contribution in [0, 0.1) is 6.92 Å². The van der Waals surface area contributed by atoms with Crippen molar-refractivity contribution >= 4 is 11.9 Å². The molecule has 0 amide bonds. The Bertz CT molecular complexity index is 857. The second kappa shape index (κ2) is 7.64. The Hall–Kier alpha value is -3.42. The number of aromatic hydroxyl groups is 2. The molecule has 0 aliphatic carbocycles. The topological polar surface area (TPSA) is 112 Å². The highest BCUT2D eigenvalue weighted by Gasteiger charge is 2.25. The molecule has 0 bridgehead atoms. The van der Waals surface area contributed by atoms with Crippen LogP contribution in [-0.4, -0.2) is 43.5 Å². The lowest BCUT2D eigenvalue weighted by atomic mass is 10.1. The summed E-state index contributed by atoms with van der Waals surface area (Å²) in [7, 11) is 3.68. The minimum absolute atomic E-state index is 0.0973. The Morgan fingerprint density at radius 3 is 2.12 bits per heavy atom. The molecule has 0 saturated heterocycles. The second-order valence-corrected chi connectivity index (χ2v) is 5.27. The minimum Gasteiger partial charge on any atom is -0.507 e. The van der Waals surface area contributed by atoms with Crippen molar-refractivity contribution in [2.45, 2.75) is 6.92 Å². The Kier molecular flexibility index (Phi) is 5.56. The lowest BCUT2D eigenvalue weighted by Gasteiger charge is -2.16. The summed E-state index contributed by atoms with van der Waals surface area (Å²) >= 11 is 0. The summed E-state index contributed by atoms with van der Waals surface area (Å²) in [5.41, 5.74) is 0.211. The van der Waals surface area contributed by atoms with E-state index >= 15 is 0 Å². The van der Waals surface area contributed by atoms with E-state index in [0.717, 1.165) is 7.11 Å². The van der Waals surface area contributed by atoms with Gasteiger partial charge in [0, 0.05) is 6.07 Å². The first-order chi connectivity index (χ1) is 12.3. The van der Waals surface area contributed by atoms with Crippen LogP contribution < -0.4 is 9.47 Å². The van der Waals surface area contributed by atoms with E-state index in [1.807, 2.05) is 0 Å². The number of carbonyl (C=O) groups excluding carboxylic acids is 2. The predicted molar refractivity (Wildman–Crippen MR) is 90.3 cm³/mol. The number of ether oxygens (including phenoxy) is 4. The molecule has 138 valence electrons. The molecule has 2 rings (SSSR count). The van der Waals surface area contributed by atoms with E-state index in [1.165, 1.54) is 38.5 Å². The summed E-state index contributed by atoms with van der Waals surface area (Å²) in [4.78, 5) is 24.0. The zero-order valence-corrected chi connectivity index (χ0v) is 14.7. The number of hydrogen-bond acceptors (Lipinski definition) is 8. The number of phenolic OH excluding ortho intramolecular Hbond substituents is 2. The molecule has 0 saturated carbocycles. The van der Waals surface area contributed by atoms with Crippen molar-refractivity contribution in [3.8, 4) is 28.7 Å². The highest BCUT2D eigenvalue weighted by atomic mass is 16.5. The van der Waals surface area contributed by atoms with Gasteiger partial charge in [0.2, 0.25) is 0 Å². The number of phenols is 2. The van der Waals surface area contributed by atoms with Crippen molar-refractivity contribution in [1.29, 1.82) is 0 Å². The number of esters is 2. The molecule has 26 heavy (non-hydrogen) atoms. The number of aryl methyl sites for hydroxylation is 1. The number of methoxy groups -OCH3 is 3. The van der Waals surface area contributed by atoms with Gasteiger partial charge in [-0.15, -0.1) is 0 Å². The van der Waals surface area contributed by atoms with E-state index in [-0.39, 0.29) is 34.1 Å². The first-order valence-electron chi connectivity index (χ1n) is 7.41. The molecule has 2 aromatic rings. The second-order valence-electron chi connectivity index (χ2n) is 5.27. The van der Waals surface area contributed by atoms with Gasteiger partial charge in [0.25, 0.3) is 0 Å². The lowest BCUT2D eigenvalue weighted by Crippen LogP contribution is -2.08. The van der Waals surface area contributed by atoms with Crippen molar-refractivity contribution in [2.24, 2.45) is 0 Å². The Morgan fingerprint density at radius 1 is 0.885 bits per heavy atom. The predicted octanol–water partition coefficient (Wildman–Crippen LogP) is 2.78. The Labute approximate surface area is 149 Å². The third kappa shape index (κ3) is 3.64. The maximum atomic E-state index is 12.0. The van der Waals surface area contributed by atoms with Crippen LogP contribution in [0.1, 0.15) is 26.3 Å². The summed E-state index contributed by atoms with van der Waals surface area (Å²) in [6.07, 6.45) is 0. The third-order valence-corrected chi connectivity index (χ3v) is 3.51. The molecule has 8 heteroatoms. The molecule has 0 heterocycles. The summed E-state index contributed by atoms with van der Waals surface area (Å²) in [5, 5.41) is 20.3. The van der Waals surface area contributed by atoms with Crippen LogP contribution in [0.25, 0.3) is 0 Å². The van der Waals surface area contributed by atoms with Gasteiger partial charge in [0.05, 0.1) is 21.3 Å². The zero-order chi connectivity index (χ0) is 19.4. The highest BCUT2D eigenvalue weighted by molar-refractivity contribution is 5.97. The third-order valence-electron chi connectivity index (χ3n) is 3.51. The fraction of sp³-hybridized carbons (Fsp3) is 0.222. The van der Waals surface area contributed by atoms with Crippen molar-refractivity contribution in [3.05, 3.63) is 41.0 Å². The van der Waals surface area contributed by atoms with Crippen LogP contribution in [0.15, 0.2) is 24.3 Å². The molecule has 0 fully saturated rings. The number of carbonyl (C=O) groups is 2. The van der Waals surface area contributed by atoms with Crippen LogP contribution in [0.2, 0.25) is 0 Å². The molecule has 2 N–H and O–H groups in total. The number of hydrogen-bond donors (Lipinski definition) is 2. The van der Waals surface area contributed by atoms with Gasteiger partial charge in [-0.25, -0.2) is 9.59 Å². The van der Waals surface area contributed by atoms with Crippen LogP contribution in [-0.2, 0) is 9.47 Å². The standard InChI is InChI=1S/C18H18O8/c1-9-5-12(19)15(18(22)25-4)14(6-9)26-16-11(17(21)24-3)7-10(23-2)8-13(16)20/h5-8,19-20H,1-4H3. The van der Waals surface area contributed by atoms with Gasteiger partial charge in [0.15, 0.2) is 11.5 Å². The van der Waals surface area contributed by atoms with E-state index in [4.69, 9.17) is 9.47 Å². The first-order valence-corrected chi connectivity index (χ1v) is 7.41. The van der Waals surface area contributed by atoms with Gasteiger partial charge >= 0.3 is 11.9 Å². The van der Waals surface area contributed by atoms with Crippen LogP contribution in [0.3, 0.4) is 0 Å². The van der Waals surface area contributed by atoms with Crippen LogP contribution in [0.5, 0.6) is 28.7 Å². The fourth-order valence-electron chi connectivity index (χ4n) is 2.31. The summed E-state index contributed by atoms with van der Waals surface area (Å²) < 4.78 is 20.0. The van der Waals surface area contributed by atoms with Gasteiger partial charge < -0.3 is 29.2 Å². The SMILES string of the molecule is COC(=O)c1cc(OC)cc(O)c1Oc1cc(C)cc(O)c1C(=O)OC. The van der Waals surface area contributed by atoms with Gasteiger partial charge in [-0.05, 0) is 30.7 Å². The monoisotopic (exact) mass is 362 g/mol. The van der Waals surface area contributed by atoms with Gasteiger partial charge in [0.1, 0.15) is 28.4 Å². The zero-order valence-electron chi connectivity index (χ0n) is 14.7. The smallest absolute Gasteiger partial charge is 0.345 e. The minimum atomic E-state index is -0.842. The van der Waals surface area contributed by atoms with E-state index in [9.17, 15) is 19.8 Å². The normalized spacial score (nSPS) is 10.2. The quantitative estimate of drug-likeness (QED) is 0.781. The van der Waals surface area contributed by atoms with Crippen molar-refractivity contribution in [3.63, 3.8) is 0 Å².